The number of hydrogen-bond donors (Lipinski definition) is 0. The molecule has 3 heteroatoms. The second-order valence-electron chi connectivity index (χ2n) is 5.41. The highest BCUT2D eigenvalue weighted by atomic mass is 35.5. The van der Waals surface area contributed by atoms with E-state index >= 15 is 0 Å². The van der Waals surface area contributed by atoms with E-state index in [1.54, 1.807) is 7.11 Å². The van der Waals surface area contributed by atoms with Gasteiger partial charge in [0.2, 0.25) is 0 Å². The lowest BCUT2D eigenvalue weighted by Crippen LogP contribution is -2.09. The first kappa shape index (κ1) is 14.3. The molecule has 3 rings (SSSR count). The van der Waals surface area contributed by atoms with Crippen molar-refractivity contribution in [2.24, 2.45) is 0 Å². The summed E-state index contributed by atoms with van der Waals surface area (Å²) in [7, 11) is 1.69. The molecular formula is C18H19ClO2. The molecule has 0 aliphatic carbocycles. The van der Waals surface area contributed by atoms with Crippen LogP contribution in [0.1, 0.15) is 34.1 Å². The van der Waals surface area contributed by atoms with Gasteiger partial charge in [-0.05, 0) is 54.2 Å². The van der Waals surface area contributed by atoms with Gasteiger partial charge in [0, 0.05) is 0 Å². The van der Waals surface area contributed by atoms with Crippen LogP contribution in [-0.2, 0) is 6.42 Å². The second kappa shape index (κ2) is 5.98. The molecule has 0 aromatic heterocycles. The highest BCUT2D eigenvalue weighted by Gasteiger charge is 2.16. The van der Waals surface area contributed by atoms with Crippen molar-refractivity contribution in [3.63, 3.8) is 0 Å². The molecule has 2 aromatic carbocycles. The van der Waals surface area contributed by atoms with Crippen LogP contribution >= 0.6 is 11.6 Å². The van der Waals surface area contributed by atoms with Gasteiger partial charge in [0.25, 0.3) is 0 Å². The summed E-state index contributed by atoms with van der Waals surface area (Å²) < 4.78 is 11.0. The molecule has 0 spiro atoms. The van der Waals surface area contributed by atoms with E-state index in [2.05, 4.69) is 12.1 Å². The Kier molecular flexibility index (Phi) is 4.07. The summed E-state index contributed by atoms with van der Waals surface area (Å²) in [5.74, 6) is 1.87. The van der Waals surface area contributed by atoms with Crippen molar-refractivity contribution < 1.29 is 9.47 Å². The molecule has 0 radical (unpaired) electrons. The minimum Gasteiger partial charge on any atom is -0.496 e. The molecule has 0 saturated heterocycles. The summed E-state index contributed by atoms with van der Waals surface area (Å²) >= 11 is 6.66. The second-order valence-corrected chi connectivity index (χ2v) is 5.85. The fourth-order valence-corrected chi connectivity index (χ4v) is 3.00. The summed E-state index contributed by atoms with van der Waals surface area (Å²) in [5, 5.41) is -0.174. The van der Waals surface area contributed by atoms with Crippen LogP contribution in [0.25, 0.3) is 0 Å². The molecule has 21 heavy (non-hydrogen) atoms. The zero-order valence-electron chi connectivity index (χ0n) is 12.4. The summed E-state index contributed by atoms with van der Waals surface area (Å²) in [4.78, 5) is 0. The molecule has 1 heterocycles. The molecule has 0 bridgehead atoms. The van der Waals surface area contributed by atoms with Crippen molar-refractivity contribution in [3.05, 3.63) is 58.7 Å². The van der Waals surface area contributed by atoms with Gasteiger partial charge in [-0.15, -0.1) is 11.6 Å². The van der Waals surface area contributed by atoms with Crippen LogP contribution in [0.5, 0.6) is 11.5 Å². The minimum atomic E-state index is -0.174. The van der Waals surface area contributed by atoms with Crippen LogP contribution < -0.4 is 9.47 Å². The van der Waals surface area contributed by atoms with E-state index in [-0.39, 0.29) is 5.38 Å². The van der Waals surface area contributed by atoms with Crippen LogP contribution in [0, 0.1) is 6.92 Å². The third kappa shape index (κ3) is 2.86. The molecule has 1 atom stereocenters. The van der Waals surface area contributed by atoms with Crippen molar-refractivity contribution in [1.29, 1.82) is 0 Å². The number of rotatable bonds is 3. The van der Waals surface area contributed by atoms with E-state index in [9.17, 15) is 0 Å². The third-order valence-electron chi connectivity index (χ3n) is 3.95. The van der Waals surface area contributed by atoms with Gasteiger partial charge in [-0.1, -0.05) is 24.3 Å². The number of fused-ring (bicyclic) bond motifs is 1. The van der Waals surface area contributed by atoms with Crippen LogP contribution in [0.2, 0.25) is 0 Å². The fraction of sp³-hybridized carbons (Fsp3) is 0.333. The first-order valence-electron chi connectivity index (χ1n) is 7.23. The Balaban J connectivity index is 1.92. The fourth-order valence-electron chi connectivity index (χ4n) is 2.72. The summed E-state index contributed by atoms with van der Waals surface area (Å²) in [5.41, 5.74) is 4.52. The monoisotopic (exact) mass is 302 g/mol. The van der Waals surface area contributed by atoms with Crippen molar-refractivity contribution >= 4 is 11.6 Å². The molecule has 0 fully saturated rings. The summed E-state index contributed by atoms with van der Waals surface area (Å²) in [6.07, 6.45) is 2.13. The molecule has 2 aromatic rings. The topological polar surface area (TPSA) is 18.5 Å². The van der Waals surface area contributed by atoms with Crippen LogP contribution in [-0.4, -0.2) is 13.7 Å². The zero-order valence-corrected chi connectivity index (χ0v) is 13.1. The predicted octanol–water partition coefficient (Wildman–Crippen LogP) is 4.66. The summed E-state index contributed by atoms with van der Waals surface area (Å²) in [6.45, 7) is 2.84. The number of hydrogen-bond acceptors (Lipinski definition) is 2. The summed E-state index contributed by atoms with van der Waals surface area (Å²) in [6, 6.07) is 12.4. The highest BCUT2D eigenvalue weighted by molar-refractivity contribution is 6.22. The number of alkyl halides is 1. The van der Waals surface area contributed by atoms with Gasteiger partial charge in [-0.25, -0.2) is 0 Å². The maximum atomic E-state index is 6.66. The Morgan fingerprint density at radius 1 is 1.14 bits per heavy atom. The van der Waals surface area contributed by atoms with E-state index in [0.29, 0.717) is 0 Å². The highest BCUT2D eigenvalue weighted by Crippen LogP contribution is 2.35. The largest absolute Gasteiger partial charge is 0.496 e. The van der Waals surface area contributed by atoms with Crippen molar-refractivity contribution in [3.8, 4) is 11.5 Å². The van der Waals surface area contributed by atoms with Gasteiger partial charge in [0.05, 0.1) is 19.1 Å². The molecule has 1 unspecified atom stereocenters. The van der Waals surface area contributed by atoms with Gasteiger partial charge in [0.15, 0.2) is 0 Å². The number of halogens is 1. The first-order valence-corrected chi connectivity index (χ1v) is 7.67. The van der Waals surface area contributed by atoms with E-state index in [1.165, 1.54) is 5.56 Å². The lowest BCUT2D eigenvalue weighted by Gasteiger charge is -2.20. The predicted molar refractivity (Wildman–Crippen MR) is 85.7 cm³/mol. The first-order chi connectivity index (χ1) is 10.2. The molecule has 1 aliphatic rings. The maximum absolute atomic E-state index is 6.66. The normalized spacial score (nSPS) is 15.0. The average Bonchev–Trinajstić information content (AvgIpc) is 2.54. The quantitative estimate of drug-likeness (QED) is 0.768. The molecule has 0 amide bonds. The van der Waals surface area contributed by atoms with Crippen molar-refractivity contribution in [2.45, 2.75) is 25.1 Å². The molecule has 110 valence electrons. The Bertz CT molecular complexity index is 652. The van der Waals surface area contributed by atoms with Crippen molar-refractivity contribution in [2.75, 3.05) is 13.7 Å². The van der Waals surface area contributed by atoms with E-state index < -0.39 is 0 Å². The van der Waals surface area contributed by atoms with Gasteiger partial charge in [-0.3, -0.25) is 0 Å². The smallest absolute Gasteiger partial charge is 0.122 e. The lowest BCUT2D eigenvalue weighted by molar-refractivity contribution is 0.288. The van der Waals surface area contributed by atoms with E-state index in [1.807, 2.05) is 31.2 Å². The Labute approximate surface area is 130 Å². The van der Waals surface area contributed by atoms with Gasteiger partial charge in [0.1, 0.15) is 11.5 Å². The standard InChI is InChI=1S/C18H19ClO2/c1-12-5-6-15(11-17(12)20-2)18(19)14-7-8-16-13(10-14)4-3-9-21-16/h5-8,10-11,18H,3-4,9H2,1-2H3. The van der Waals surface area contributed by atoms with Gasteiger partial charge in [-0.2, -0.15) is 0 Å². The lowest BCUT2D eigenvalue weighted by atomic mass is 9.98. The number of aryl methyl sites for hydroxylation is 2. The average molecular weight is 303 g/mol. The molecular weight excluding hydrogens is 284 g/mol. The van der Waals surface area contributed by atoms with Crippen LogP contribution in [0.4, 0.5) is 0 Å². The minimum absolute atomic E-state index is 0.174. The maximum Gasteiger partial charge on any atom is 0.122 e. The van der Waals surface area contributed by atoms with E-state index in [0.717, 1.165) is 47.6 Å². The van der Waals surface area contributed by atoms with Gasteiger partial charge < -0.3 is 9.47 Å². The third-order valence-corrected chi connectivity index (χ3v) is 4.45. The Hall–Kier alpha value is -1.67. The molecule has 2 nitrogen and oxygen atoms in total. The zero-order chi connectivity index (χ0) is 14.8. The van der Waals surface area contributed by atoms with Crippen LogP contribution in [0.15, 0.2) is 36.4 Å². The Morgan fingerprint density at radius 2 is 1.90 bits per heavy atom. The molecule has 1 aliphatic heterocycles. The Morgan fingerprint density at radius 3 is 2.71 bits per heavy atom. The van der Waals surface area contributed by atoms with Crippen molar-refractivity contribution in [1.82, 2.24) is 0 Å². The SMILES string of the molecule is COc1cc(C(Cl)c2ccc3c(c2)CCCO3)ccc1C. The van der Waals surface area contributed by atoms with Crippen LogP contribution in [0.3, 0.4) is 0 Å². The van der Waals surface area contributed by atoms with Gasteiger partial charge >= 0.3 is 0 Å². The molecule has 0 saturated carbocycles. The number of ether oxygens (including phenoxy) is 2. The molecule has 0 N–H and O–H groups in total. The number of methoxy groups -OCH3 is 1. The number of benzene rings is 2. The van der Waals surface area contributed by atoms with E-state index in [4.69, 9.17) is 21.1 Å².